The first-order chi connectivity index (χ1) is 18.2. The van der Waals surface area contributed by atoms with Crippen molar-refractivity contribution in [2.24, 2.45) is 0 Å². The number of nitrogens with zero attached hydrogens (tertiary/aromatic N) is 2. The Balaban J connectivity index is 1.49. The Morgan fingerprint density at radius 1 is 1.08 bits per heavy atom. The minimum Gasteiger partial charge on any atom is -0.488 e. The van der Waals surface area contributed by atoms with Crippen molar-refractivity contribution in [1.82, 2.24) is 10.1 Å². The number of para-hydroxylation sites is 1. The molecule has 0 bridgehead atoms. The quantitative estimate of drug-likeness (QED) is 0.250. The zero-order valence-corrected chi connectivity index (χ0v) is 22.9. The van der Waals surface area contributed by atoms with Crippen LogP contribution < -0.4 is 9.46 Å². The molecule has 2 heterocycles. The zero-order chi connectivity index (χ0) is 26.9. The van der Waals surface area contributed by atoms with Gasteiger partial charge in [0.05, 0.1) is 5.52 Å². The van der Waals surface area contributed by atoms with Crippen molar-refractivity contribution in [3.63, 3.8) is 0 Å². The number of sulfonamides is 1. The summed E-state index contributed by atoms with van der Waals surface area (Å²) in [6.07, 6.45) is 4.42. The van der Waals surface area contributed by atoms with E-state index in [1.54, 1.807) is 19.9 Å². The molecule has 0 amide bonds. The summed E-state index contributed by atoms with van der Waals surface area (Å²) >= 11 is 7.11. The number of halogens is 1. The lowest BCUT2D eigenvalue weighted by atomic mass is 9.92. The van der Waals surface area contributed by atoms with Gasteiger partial charge in [0, 0.05) is 29.1 Å². The Bertz CT molecular complexity index is 1660. The summed E-state index contributed by atoms with van der Waals surface area (Å²) in [7, 11) is -4.19. The zero-order valence-electron chi connectivity index (χ0n) is 21.4. The molecule has 2 aromatic carbocycles. The van der Waals surface area contributed by atoms with Crippen LogP contribution in [-0.4, -0.2) is 29.4 Å². The molecule has 0 fully saturated rings. The molecule has 0 aliphatic heterocycles. The van der Waals surface area contributed by atoms with Gasteiger partial charge in [-0.05, 0) is 49.1 Å². The molecule has 1 unspecified atom stereocenters. The number of rotatable bonds is 8. The monoisotopic (exact) mass is 549 g/mol. The van der Waals surface area contributed by atoms with Crippen LogP contribution in [-0.2, 0) is 16.4 Å². The highest BCUT2D eigenvalue weighted by Gasteiger charge is 2.48. The summed E-state index contributed by atoms with van der Waals surface area (Å²) in [6.45, 7) is 5.67. The van der Waals surface area contributed by atoms with E-state index >= 15 is 0 Å². The third-order valence-corrected chi connectivity index (χ3v) is 9.37. The summed E-state index contributed by atoms with van der Waals surface area (Å²) < 4.78 is 39.9. The van der Waals surface area contributed by atoms with Gasteiger partial charge in [-0.3, -0.25) is 9.71 Å². The first kappa shape index (κ1) is 26.0. The predicted octanol–water partition coefficient (Wildman–Crippen LogP) is 6.57. The van der Waals surface area contributed by atoms with Gasteiger partial charge < -0.3 is 9.26 Å². The standard InChI is InChI=1S/C29H28ClN3O4S/c1-4-23-16-27(24-12-8-9-13-26(24)31-23)36-18-21-14-15-25(22-10-6-5-7-11-22)29(30,17-21)38(34,35)33-28-19(2)20(3)37-32-28/h5-16H,4,17-18H2,1-3H3,(H,32,33). The Labute approximate surface area is 227 Å². The van der Waals surface area contributed by atoms with Crippen LogP contribution in [0.15, 0.2) is 82.9 Å². The molecule has 5 rings (SSSR count). The van der Waals surface area contributed by atoms with E-state index in [4.69, 9.17) is 20.9 Å². The average molecular weight is 550 g/mol. The molecule has 2 aromatic heterocycles. The molecule has 0 spiro atoms. The minimum atomic E-state index is -4.19. The van der Waals surface area contributed by atoms with Crippen LogP contribution in [0.1, 0.15) is 35.9 Å². The van der Waals surface area contributed by atoms with E-state index in [0.717, 1.165) is 28.6 Å². The largest absolute Gasteiger partial charge is 0.488 e. The van der Waals surface area contributed by atoms with Crippen LogP contribution in [0.3, 0.4) is 0 Å². The van der Waals surface area contributed by atoms with E-state index in [-0.39, 0.29) is 18.8 Å². The summed E-state index contributed by atoms with van der Waals surface area (Å²) in [5, 5.41) is 4.77. The van der Waals surface area contributed by atoms with Crippen LogP contribution in [0.2, 0.25) is 0 Å². The molecule has 1 aliphatic rings. The van der Waals surface area contributed by atoms with E-state index in [1.165, 1.54) is 0 Å². The number of pyridine rings is 1. The van der Waals surface area contributed by atoms with E-state index in [1.807, 2.05) is 73.7 Å². The van der Waals surface area contributed by atoms with Gasteiger partial charge in [-0.2, -0.15) is 0 Å². The fraction of sp³-hybridized carbons (Fsp3) is 0.241. The van der Waals surface area contributed by atoms with Gasteiger partial charge in [0.15, 0.2) is 10.0 Å². The molecule has 0 saturated heterocycles. The number of ether oxygens (including phenoxy) is 1. The van der Waals surface area contributed by atoms with E-state index in [2.05, 4.69) is 14.9 Å². The van der Waals surface area contributed by atoms with Gasteiger partial charge in [-0.25, -0.2) is 8.42 Å². The lowest BCUT2D eigenvalue weighted by Crippen LogP contribution is -2.41. The molecule has 9 heteroatoms. The molecule has 4 aromatic rings. The predicted molar refractivity (Wildman–Crippen MR) is 151 cm³/mol. The van der Waals surface area contributed by atoms with Gasteiger partial charge in [0.25, 0.3) is 10.0 Å². The summed E-state index contributed by atoms with van der Waals surface area (Å²) in [5.41, 5.74) is 4.28. The van der Waals surface area contributed by atoms with Gasteiger partial charge in [-0.15, -0.1) is 0 Å². The number of fused-ring (bicyclic) bond motifs is 1. The molecule has 1 atom stereocenters. The highest BCUT2D eigenvalue weighted by molar-refractivity contribution is 7.95. The van der Waals surface area contributed by atoms with E-state index < -0.39 is 14.2 Å². The van der Waals surface area contributed by atoms with Crippen molar-refractivity contribution in [3.8, 4) is 5.75 Å². The van der Waals surface area contributed by atoms with Crippen molar-refractivity contribution < 1.29 is 17.7 Å². The smallest absolute Gasteiger partial charge is 0.258 e. The maximum absolute atomic E-state index is 13.9. The summed E-state index contributed by atoms with van der Waals surface area (Å²) in [4.78, 5) is 4.67. The number of aryl methyl sites for hydroxylation is 2. The highest BCUT2D eigenvalue weighted by atomic mass is 35.5. The van der Waals surface area contributed by atoms with Crippen LogP contribution in [0.4, 0.5) is 5.82 Å². The van der Waals surface area contributed by atoms with Gasteiger partial charge >= 0.3 is 0 Å². The third kappa shape index (κ3) is 4.81. The fourth-order valence-electron chi connectivity index (χ4n) is 4.43. The van der Waals surface area contributed by atoms with Gasteiger partial charge in [-0.1, -0.05) is 78.3 Å². The SMILES string of the molecule is CCc1cc(OCC2=CC=C(c3ccccc3)C(Cl)(S(=O)(=O)Nc3noc(C)c3C)C2)c2ccccc2n1. The molecule has 7 nitrogen and oxygen atoms in total. The Morgan fingerprint density at radius 3 is 2.53 bits per heavy atom. The minimum absolute atomic E-state index is 0.0180. The second-order valence-corrected chi connectivity index (χ2v) is 12.0. The fourth-order valence-corrected chi connectivity index (χ4v) is 6.34. The molecular weight excluding hydrogens is 522 g/mol. The Morgan fingerprint density at radius 2 is 1.82 bits per heavy atom. The first-order valence-corrected chi connectivity index (χ1v) is 14.2. The summed E-state index contributed by atoms with van der Waals surface area (Å²) in [6, 6.07) is 19.0. The Hall–Kier alpha value is -3.62. The number of allylic oxidation sites excluding steroid dienone is 2. The van der Waals surface area contributed by atoms with Crippen molar-refractivity contribution in [1.29, 1.82) is 0 Å². The molecule has 0 radical (unpaired) electrons. The van der Waals surface area contributed by atoms with Crippen molar-refractivity contribution in [2.45, 2.75) is 37.8 Å². The first-order valence-electron chi connectivity index (χ1n) is 12.3. The number of hydrogen-bond donors (Lipinski definition) is 1. The maximum Gasteiger partial charge on any atom is 0.258 e. The number of anilines is 1. The number of alkyl halides is 1. The normalized spacial score (nSPS) is 17.7. The lowest BCUT2D eigenvalue weighted by molar-refractivity contribution is 0.350. The van der Waals surface area contributed by atoms with Crippen LogP contribution >= 0.6 is 11.6 Å². The van der Waals surface area contributed by atoms with Crippen molar-refractivity contribution in [3.05, 3.63) is 101 Å². The molecule has 196 valence electrons. The van der Waals surface area contributed by atoms with Crippen LogP contribution in [0.25, 0.3) is 16.5 Å². The molecular formula is C29H28ClN3O4S. The number of aromatic nitrogens is 2. The van der Waals surface area contributed by atoms with Gasteiger partial charge in [0.1, 0.15) is 18.1 Å². The van der Waals surface area contributed by atoms with Crippen LogP contribution in [0.5, 0.6) is 5.75 Å². The number of benzene rings is 2. The van der Waals surface area contributed by atoms with E-state index in [0.29, 0.717) is 28.2 Å². The van der Waals surface area contributed by atoms with Crippen molar-refractivity contribution >= 4 is 43.9 Å². The van der Waals surface area contributed by atoms with E-state index in [9.17, 15) is 8.42 Å². The molecule has 38 heavy (non-hydrogen) atoms. The maximum atomic E-state index is 13.9. The number of nitrogens with one attached hydrogen (secondary N) is 1. The molecule has 0 saturated carbocycles. The molecule has 1 N–H and O–H groups in total. The van der Waals surface area contributed by atoms with Crippen molar-refractivity contribution in [2.75, 3.05) is 11.3 Å². The number of hydrogen-bond acceptors (Lipinski definition) is 6. The van der Waals surface area contributed by atoms with Crippen LogP contribution in [0, 0.1) is 13.8 Å². The lowest BCUT2D eigenvalue weighted by Gasteiger charge is -2.33. The molecule has 1 aliphatic carbocycles. The topological polar surface area (TPSA) is 94.3 Å². The summed E-state index contributed by atoms with van der Waals surface area (Å²) in [5.74, 6) is 1.34. The highest BCUT2D eigenvalue weighted by Crippen LogP contribution is 2.46. The second kappa shape index (κ2) is 10.3. The average Bonchev–Trinajstić information content (AvgIpc) is 3.23. The second-order valence-electron chi connectivity index (χ2n) is 9.27. The Kier molecular flexibility index (Phi) is 7.03. The third-order valence-electron chi connectivity index (χ3n) is 6.75. The van der Waals surface area contributed by atoms with Gasteiger partial charge in [0.2, 0.25) is 0 Å².